The van der Waals surface area contributed by atoms with Crippen LogP contribution in [0.25, 0.3) is 0 Å². The normalized spacial score (nSPS) is 28.3. The van der Waals surface area contributed by atoms with Gasteiger partial charge in [-0.25, -0.2) is 0 Å². The molecule has 1 spiro atoms. The van der Waals surface area contributed by atoms with Crippen molar-refractivity contribution in [3.63, 3.8) is 0 Å². The molecule has 3 saturated heterocycles. The van der Waals surface area contributed by atoms with Crippen LogP contribution < -0.4 is 4.74 Å². The molecule has 6 heteroatoms. The van der Waals surface area contributed by atoms with Crippen molar-refractivity contribution in [3.8, 4) is 5.75 Å². The number of carbonyl (C=O) groups is 1. The molecule has 0 bridgehead atoms. The molecular formula is C24H32N4O2. The fraction of sp³-hybridized carbons (Fsp3) is 0.583. The highest BCUT2D eigenvalue weighted by atomic mass is 16.5. The summed E-state index contributed by atoms with van der Waals surface area (Å²) in [6.07, 6.45) is 3.14. The monoisotopic (exact) mass is 408 g/mol. The van der Waals surface area contributed by atoms with E-state index in [9.17, 15) is 4.79 Å². The number of carbonyl (C=O) groups excluding carboxylic acids is 1. The van der Waals surface area contributed by atoms with Gasteiger partial charge in [0.1, 0.15) is 11.3 Å². The number of aryl methyl sites for hydroxylation is 2. The second-order valence-corrected chi connectivity index (χ2v) is 9.11. The van der Waals surface area contributed by atoms with Gasteiger partial charge in [0.05, 0.1) is 12.8 Å². The molecule has 1 aromatic carbocycles. The van der Waals surface area contributed by atoms with Crippen molar-refractivity contribution in [3.05, 3.63) is 46.8 Å². The minimum atomic E-state index is -0.309. The predicted molar refractivity (Wildman–Crippen MR) is 115 cm³/mol. The number of hydrogen-bond acceptors (Lipinski definition) is 4. The zero-order chi connectivity index (χ0) is 21.0. The van der Waals surface area contributed by atoms with E-state index in [1.54, 1.807) is 7.11 Å². The van der Waals surface area contributed by atoms with Gasteiger partial charge in [0.2, 0.25) is 5.91 Å². The number of ether oxygens (including phenoxy) is 1. The molecular weight excluding hydrogens is 376 g/mol. The van der Waals surface area contributed by atoms with Crippen LogP contribution in [0.3, 0.4) is 0 Å². The van der Waals surface area contributed by atoms with E-state index in [1.165, 1.54) is 11.3 Å². The van der Waals surface area contributed by atoms with Crippen molar-refractivity contribution in [2.75, 3.05) is 20.2 Å². The Labute approximate surface area is 178 Å². The van der Waals surface area contributed by atoms with Crippen molar-refractivity contribution < 1.29 is 9.53 Å². The number of hydrogen-bond donors (Lipinski definition) is 0. The molecule has 0 saturated carbocycles. The summed E-state index contributed by atoms with van der Waals surface area (Å²) in [5, 5.41) is 4.77. The SMILES string of the molecule is CCn1nc(C)c([C@@H]2C[C@H]3CN(Cc4cccc(OC)c4)C(=O)[C@]34CCCN24)c1C. The minimum Gasteiger partial charge on any atom is -0.497 e. The summed E-state index contributed by atoms with van der Waals surface area (Å²) in [5.74, 6) is 1.57. The van der Waals surface area contributed by atoms with Crippen LogP contribution in [0.5, 0.6) is 5.75 Å². The van der Waals surface area contributed by atoms with E-state index in [0.717, 1.165) is 55.9 Å². The highest BCUT2D eigenvalue weighted by Crippen LogP contribution is 2.56. The van der Waals surface area contributed by atoms with Gasteiger partial charge in [-0.2, -0.15) is 5.10 Å². The smallest absolute Gasteiger partial charge is 0.243 e. The quantitative estimate of drug-likeness (QED) is 0.760. The summed E-state index contributed by atoms with van der Waals surface area (Å²) >= 11 is 0. The van der Waals surface area contributed by atoms with Gasteiger partial charge >= 0.3 is 0 Å². The number of rotatable bonds is 5. The van der Waals surface area contributed by atoms with E-state index in [4.69, 9.17) is 9.84 Å². The maximum Gasteiger partial charge on any atom is 0.243 e. The molecule has 5 rings (SSSR count). The third-order valence-corrected chi connectivity index (χ3v) is 7.70. The van der Waals surface area contributed by atoms with E-state index in [1.807, 2.05) is 18.2 Å². The van der Waals surface area contributed by atoms with E-state index in [0.29, 0.717) is 24.4 Å². The van der Waals surface area contributed by atoms with Gasteiger partial charge in [-0.05, 0) is 64.3 Å². The Morgan fingerprint density at radius 3 is 2.87 bits per heavy atom. The van der Waals surface area contributed by atoms with Gasteiger partial charge in [0.25, 0.3) is 0 Å². The van der Waals surface area contributed by atoms with Crippen LogP contribution >= 0.6 is 0 Å². The van der Waals surface area contributed by atoms with Gasteiger partial charge in [0.15, 0.2) is 0 Å². The summed E-state index contributed by atoms with van der Waals surface area (Å²) in [7, 11) is 1.69. The van der Waals surface area contributed by atoms with E-state index >= 15 is 0 Å². The van der Waals surface area contributed by atoms with Gasteiger partial charge < -0.3 is 9.64 Å². The third-order valence-electron chi connectivity index (χ3n) is 7.70. The van der Waals surface area contributed by atoms with Crippen LogP contribution in [-0.4, -0.2) is 51.2 Å². The van der Waals surface area contributed by atoms with E-state index in [-0.39, 0.29) is 5.54 Å². The molecule has 4 heterocycles. The Bertz CT molecular complexity index is 984. The molecule has 0 unspecified atom stereocenters. The average Bonchev–Trinajstić information content (AvgIpc) is 3.44. The van der Waals surface area contributed by atoms with Gasteiger partial charge in [-0.3, -0.25) is 14.4 Å². The van der Waals surface area contributed by atoms with Gasteiger partial charge in [-0.1, -0.05) is 12.1 Å². The maximum absolute atomic E-state index is 13.8. The third kappa shape index (κ3) is 2.66. The van der Waals surface area contributed by atoms with E-state index < -0.39 is 0 Å². The summed E-state index contributed by atoms with van der Waals surface area (Å²) in [5.41, 5.74) is 4.58. The standard InChI is InChI=1S/C24H32N4O2/c1-5-28-17(3)22(16(2)25-28)21-13-19-15-26(14-18-8-6-9-20(12-18)30-4)23(29)24(19)10-7-11-27(21)24/h6,8-9,12,19,21H,5,7,10-11,13-15H2,1-4H3/t19-,21-,24-/m0/s1. The second kappa shape index (κ2) is 7.12. The molecule has 6 nitrogen and oxygen atoms in total. The number of aromatic nitrogens is 2. The molecule has 1 amide bonds. The molecule has 0 N–H and O–H groups in total. The van der Waals surface area contributed by atoms with Crippen LogP contribution in [0.4, 0.5) is 0 Å². The van der Waals surface area contributed by atoms with Crippen molar-refractivity contribution in [1.29, 1.82) is 0 Å². The molecule has 2 aromatic rings. The lowest BCUT2D eigenvalue weighted by molar-refractivity contribution is -0.137. The maximum atomic E-state index is 13.8. The molecule has 3 aliphatic rings. The Morgan fingerprint density at radius 2 is 2.13 bits per heavy atom. The lowest BCUT2D eigenvalue weighted by atomic mass is 9.85. The highest BCUT2D eigenvalue weighted by Gasteiger charge is 2.65. The first-order valence-corrected chi connectivity index (χ1v) is 11.2. The molecule has 3 atom stereocenters. The van der Waals surface area contributed by atoms with Crippen molar-refractivity contribution >= 4 is 5.91 Å². The first kappa shape index (κ1) is 19.6. The van der Waals surface area contributed by atoms with E-state index in [2.05, 4.69) is 41.3 Å². The predicted octanol–water partition coefficient (Wildman–Crippen LogP) is 3.47. The Hall–Kier alpha value is -2.34. The summed E-state index contributed by atoms with van der Waals surface area (Å²) in [6, 6.07) is 8.40. The van der Waals surface area contributed by atoms with Crippen LogP contribution in [-0.2, 0) is 17.9 Å². The lowest BCUT2D eigenvalue weighted by Crippen LogP contribution is -2.49. The highest BCUT2D eigenvalue weighted by molar-refractivity contribution is 5.90. The summed E-state index contributed by atoms with van der Waals surface area (Å²) < 4.78 is 7.48. The average molecular weight is 409 g/mol. The second-order valence-electron chi connectivity index (χ2n) is 9.11. The molecule has 3 fully saturated rings. The number of benzene rings is 1. The van der Waals surface area contributed by atoms with Crippen LogP contribution in [0.1, 0.15) is 54.7 Å². The van der Waals surface area contributed by atoms with Crippen molar-refractivity contribution in [2.24, 2.45) is 5.92 Å². The number of methoxy groups -OCH3 is 1. The molecule has 0 aliphatic carbocycles. The van der Waals surface area contributed by atoms with Crippen LogP contribution in [0.15, 0.2) is 24.3 Å². The molecule has 1 aromatic heterocycles. The molecule has 0 radical (unpaired) electrons. The van der Waals surface area contributed by atoms with Gasteiger partial charge in [0, 0.05) is 42.9 Å². The fourth-order valence-electron chi connectivity index (χ4n) is 6.48. The zero-order valence-corrected chi connectivity index (χ0v) is 18.5. The lowest BCUT2D eigenvalue weighted by Gasteiger charge is -2.33. The zero-order valence-electron chi connectivity index (χ0n) is 18.5. The summed E-state index contributed by atoms with van der Waals surface area (Å²) in [4.78, 5) is 18.4. The first-order valence-electron chi connectivity index (χ1n) is 11.2. The number of nitrogens with zero attached hydrogens (tertiary/aromatic N) is 4. The van der Waals surface area contributed by atoms with Crippen molar-refractivity contribution in [2.45, 2.75) is 64.7 Å². The molecule has 3 aliphatic heterocycles. The first-order chi connectivity index (χ1) is 14.5. The Balaban J connectivity index is 1.43. The number of likely N-dealkylation sites (tertiary alicyclic amines) is 1. The van der Waals surface area contributed by atoms with Crippen LogP contribution in [0, 0.1) is 19.8 Å². The Kier molecular flexibility index (Phi) is 4.65. The molecule has 30 heavy (non-hydrogen) atoms. The van der Waals surface area contributed by atoms with Crippen molar-refractivity contribution in [1.82, 2.24) is 19.6 Å². The minimum absolute atomic E-state index is 0.309. The molecule has 160 valence electrons. The topological polar surface area (TPSA) is 50.6 Å². The van der Waals surface area contributed by atoms with Crippen LogP contribution in [0.2, 0.25) is 0 Å². The largest absolute Gasteiger partial charge is 0.497 e. The number of amides is 1. The Morgan fingerprint density at radius 1 is 1.30 bits per heavy atom. The fourth-order valence-corrected chi connectivity index (χ4v) is 6.48. The van der Waals surface area contributed by atoms with Gasteiger partial charge in [-0.15, -0.1) is 0 Å². The summed E-state index contributed by atoms with van der Waals surface area (Å²) in [6.45, 7) is 9.87.